The molecule has 0 bridgehead atoms. The number of fused-ring (bicyclic) bond motifs is 1. The lowest BCUT2D eigenvalue weighted by Crippen LogP contribution is -2.27. The van der Waals surface area contributed by atoms with Crippen molar-refractivity contribution in [3.8, 4) is 5.75 Å². The van der Waals surface area contributed by atoms with E-state index in [2.05, 4.69) is 10.5 Å². The minimum Gasteiger partial charge on any atom is -0.497 e. The van der Waals surface area contributed by atoms with Gasteiger partial charge in [0.2, 0.25) is 0 Å². The summed E-state index contributed by atoms with van der Waals surface area (Å²) < 4.78 is 10.4. The molecule has 126 valence electrons. The number of amidine groups is 1. The Morgan fingerprint density at radius 2 is 1.92 bits per heavy atom. The van der Waals surface area contributed by atoms with Crippen LogP contribution in [0.5, 0.6) is 5.75 Å². The van der Waals surface area contributed by atoms with Crippen molar-refractivity contribution in [1.29, 1.82) is 0 Å². The molecule has 0 aliphatic carbocycles. The van der Waals surface area contributed by atoms with Crippen LogP contribution in [0.15, 0.2) is 68.9 Å². The maximum absolute atomic E-state index is 12.1. The molecule has 0 spiro atoms. The van der Waals surface area contributed by atoms with E-state index in [0.717, 1.165) is 0 Å². The zero-order valence-electron chi connectivity index (χ0n) is 13.4. The fourth-order valence-electron chi connectivity index (χ4n) is 2.23. The van der Waals surface area contributed by atoms with Gasteiger partial charge in [-0.15, -0.1) is 0 Å². The third kappa shape index (κ3) is 3.50. The average Bonchev–Trinajstić information content (AvgIpc) is 2.65. The van der Waals surface area contributed by atoms with Gasteiger partial charge in [0.25, 0.3) is 5.91 Å². The van der Waals surface area contributed by atoms with Gasteiger partial charge < -0.3 is 14.9 Å². The van der Waals surface area contributed by atoms with E-state index in [4.69, 9.17) is 14.9 Å². The molecule has 0 aliphatic rings. The van der Waals surface area contributed by atoms with Crippen LogP contribution in [-0.2, 0) is 0 Å². The van der Waals surface area contributed by atoms with Crippen LogP contribution in [0, 0.1) is 0 Å². The number of nitrogens with one attached hydrogen (secondary N) is 1. The highest BCUT2D eigenvalue weighted by molar-refractivity contribution is 6.01. The van der Waals surface area contributed by atoms with Crippen molar-refractivity contribution in [2.45, 2.75) is 0 Å². The monoisotopic (exact) mass is 337 g/mol. The zero-order valence-corrected chi connectivity index (χ0v) is 13.4. The highest BCUT2D eigenvalue weighted by Crippen LogP contribution is 2.20. The number of carbonyl (C=O) groups excluding carboxylic acids is 1. The van der Waals surface area contributed by atoms with Crippen LogP contribution in [0.3, 0.4) is 0 Å². The molecule has 0 fully saturated rings. The average molecular weight is 337 g/mol. The summed E-state index contributed by atoms with van der Waals surface area (Å²) in [7, 11) is 1.54. The van der Waals surface area contributed by atoms with Crippen LogP contribution >= 0.6 is 0 Å². The molecule has 7 heteroatoms. The van der Waals surface area contributed by atoms with Crippen LogP contribution < -0.4 is 21.5 Å². The lowest BCUT2D eigenvalue weighted by atomic mass is 10.1. The number of carbonyl (C=O) groups is 1. The van der Waals surface area contributed by atoms with Gasteiger partial charge in [0.15, 0.2) is 5.84 Å². The van der Waals surface area contributed by atoms with E-state index >= 15 is 0 Å². The minimum atomic E-state index is -0.645. The molecule has 0 atom stereocenters. The van der Waals surface area contributed by atoms with Crippen LogP contribution in [0.2, 0.25) is 0 Å². The molecule has 0 unspecified atom stereocenters. The van der Waals surface area contributed by atoms with Gasteiger partial charge in [-0.3, -0.25) is 4.79 Å². The Bertz CT molecular complexity index is 1010. The predicted octanol–water partition coefficient (Wildman–Crippen LogP) is 1.85. The van der Waals surface area contributed by atoms with E-state index in [1.54, 1.807) is 48.5 Å². The van der Waals surface area contributed by atoms with Crippen LogP contribution in [0.25, 0.3) is 11.0 Å². The number of nitrogens with zero attached hydrogens (tertiary/aromatic N) is 1. The molecule has 3 aromatic rings. The zero-order chi connectivity index (χ0) is 17.8. The summed E-state index contributed by atoms with van der Waals surface area (Å²) in [5.74, 6) is 0.0262. The molecule has 7 nitrogen and oxygen atoms in total. The van der Waals surface area contributed by atoms with E-state index in [9.17, 15) is 9.59 Å². The summed E-state index contributed by atoms with van der Waals surface area (Å²) in [6.07, 6.45) is 0. The van der Waals surface area contributed by atoms with Gasteiger partial charge in [-0.25, -0.2) is 10.2 Å². The van der Waals surface area contributed by atoms with Crippen molar-refractivity contribution >= 4 is 22.7 Å². The number of rotatable bonds is 4. The normalized spacial score (nSPS) is 11.3. The second kappa shape index (κ2) is 6.88. The Morgan fingerprint density at radius 1 is 1.16 bits per heavy atom. The summed E-state index contributed by atoms with van der Waals surface area (Å²) >= 11 is 0. The van der Waals surface area contributed by atoms with Crippen molar-refractivity contribution in [2.24, 2.45) is 10.8 Å². The topological polar surface area (TPSA) is 107 Å². The van der Waals surface area contributed by atoms with Gasteiger partial charge in [0.1, 0.15) is 16.9 Å². The summed E-state index contributed by atoms with van der Waals surface area (Å²) in [5, 5.41) is 4.41. The first-order valence-corrected chi connectivity index (χ1v) is 7.39. The molecular weight excluding hydrogens is 322 g/mol. The highest BCUT2D eigenvalue weighted by Gasteiger charge is 2.11. The number of benzene rings is 2. The molecule has 1 amide bonds. The maximum Gasteiger partial charge on any atom is 0.347 e. The maximum atomic E-state index is 12.1. The molecule has 25 heavy (non-hydrogen) atoms. The fraction of sp³-hybridized carbons (Fsp3) is 0.0556. The third-order valence-electron chi connectivity index (χ3n) is 3.53. The number of ether oxygens (including phenoxy) is 1. The summed E-state index contributed by atoms with van der Waals surface area (Å²) in [4.78, 5) is 24.0. The smallest absolute Gasteiger partial charge is 0.347 e. The first-order chi connectivity index (χ1) is 12.1. The quantitative estimate of drug-likeness (QED) is 0.327. The molecule has 0 radical (unpaired) electrons. The molecule has 0 saturated heterocycles. The van der Waals surface area contributed by atoms with Gasteiger partial charge in [0, 0.05) is 10.9 Å². The van der Waals surface area contributed by atoms with E-state index < -0.39 is 11.5 Å². The number of amides is 1. The Kier molecular flexibility index (Phi) is 4.47. The number of hydrogen-bond acceptors (Lipinski definition) is 5. The molecule has 1 heterocycles. The van der Waals surface area contributed by atoms with E-state index in [1.165, 1.54) is 13.2 Å². The Balaban J connectivity index is 1.90. The van der Waals surface area contributed by atoms with E-state index in [0.29, 0.717) is 22.3 Å². The highest BCUT2D eigenvalue weighted by atomic mass is 16.5. The van der Waals surface area contributed by atoms with Crippen molar-refractivity contribution < 1.29 is 13.9 Å². The van der Waals surface area contributed by atoms with Gasteiger partial charge in [-0.1, -0.05) is 18.2 Å². The summed E-state index contributed by atoms with van der Waals surface area (Å²) in [5.41, 5.74) is 8.37. The number of hydrogen-bond donors (Lipinski definition) is 2. The molecule has 3 rings (SSSR count). The molecule has 3 N–H and O–H groups in total. The van der Waals surface area contributed by atoms with Crippen molar-refractivity contribution in [2.75, 3.05) is 7.11 Å². The lowest BCUT2D eigenvalue weighted by molar-refractivity contribution is 0.0955. The molecule has 2 aromatic carbocycles. The predicted molar refractivity (Wildman–Crippen MR) is 93.7 cm³/mol. The summed E-state index contributed by atoms with van der Waals surface area (Å²) in [6.45, 7) is 0. The molecule has 0 saturated carbocycles. The Labute approximate surface area is 142 Å². The van der Waals surface area contributed by atoms with E-state index in [1.807, 2.05) is 0 Å². The van der Waals surface area contributed by atoms with Crippen LogP contribution in [-0.4, -0.2) is 18.9 Å². The minimum absolute atomic E-state index is 0.0501. The van der Waals surface area contributed by atoms with Gasteiger partial charge in [-0.05, 0) is 36.4 Å². The third-order valence-corrected chi connectivity index (χ3v) is 3.53. The van der Waals surface area contributed by atoms with Crippen LogP contribution in [0.4, 0.5) is 0 Å². The second-order valence-corrected chi connectivity index (χ2v) is 5.16. The molecule has 0 aliphatic heterocycles. The largest absolute Gasteiger partial charge is 0.497 e. The van der Waals surface area contributed by atoms with E-state index in [-0.39, 0.29) is 11.4 Å². The number of methoxy groups -OCH3 is 1. The molecule has 1 aromatic heterocycles. The Morgan fingerprint density at radius 3 is 2.64 bits per heavy atom. The number of hydrazone groups is 1. The first-order valence-electron chi connectivity index (χ1n) is 7.39. The van der Waals surface area contributed by atoms with Crippen molar-refractivity contribution in [3.63, 3.8) is 0 Å². The fourth-order valence-corrected chi connectivity index (χ4v) is 2.23. The lowest BCUT2D eigenvalue weighted by Gasteiger charge is -2.05. The van der Waals surface area contributed by atoms with Gasteiger partial charge in [0.05, 0.1) is 7.11 Å². The SMILES string of the molecule is COc1ccc2oc(=O)c(/C(N)=N/NC(=O)c3ccccc3)cc2c1. The van der Waals surface area contributed by atoms with Gasteiger partial charge >= 0.3 is 5.63 Å². The van der Waals surface area contributed by atoms with Crippen molar-refractivity contribution in [1.82, 2.24) is 5.43 Å². The van der Waals surface area contributed by atoms with Crippen LogP contribution in [0.1, 0.15) is 15.9 Å². The van der Waals surface area contributed by atoms with Crippen molar-refractivity contribution in [3.05, 3.63) is 76.1 Å². The Hall–Kier alpha value is -3.61. The summed E-state index contributed by atoms with van der Waals surface area (Å²) in [6, 6.07) is 15.1. The first kappa shape index (κ1) is 16.3. The van der Waals surface area contributed by atoms with Gasteiger partial charge in [-0.2, -0.15) is 5.10 Å². The molecular formula is C18H15N3O4. The standard InChI is InChI=1S/C18H15N3O4/c1-24-13-7-8-15-12(9-13)10-14(18(23)25-15)16(19)20-21-17(22)11-5-3-2-4-6-11/h2-10H,1H3,(H2,19,20)(H,21,22). The number of nitrogens with two attached hydrogens (primary N) is 1. The second-order valence-electron chi connectivity index (χ2n) is 5.16.